The number of nitrogens with one attached hydrogen (secondary N) is 1. The molecule has 0 spiro atoms. The SMILES string of the molecule is CSc1ncc(F)c(-c2ccc(-c3ncc(N(C4CC4)[C@H]4C[C@]5(C)CC[C@@](C)(N5)[C@H]4F)nn3)c(O)c2)n1. The van der Waals surface area contributed by atoms with E-state index in [0.29, 0.717) is 28.5 Å². The van der Waals surface area contributed by atoms with Crippen LogP contribution in [0.4, 0.5) is 14.6 Å². The molecule has 3 aromatic rings. The van der Waals surface area contributed by atoms with E-state index in [2.05, 4.69) is 42.3 Å². The minimum absolute atomic E-state index is 0.0940. The number of halogens is 2. The second kappa shape index (κ2) is 8.83. The molecule has 2 bridgehead atoms. The van der Waals surface area contributed by atoms with Crippen molar-refractivity contribution in [3.63, 3.8) is 0 Å². The molecule has 2 N–H and O–H groups in total. The van der Waals surface area contributed by atoms with Crippen molar-refractivity contribution in [2.45, 2.75) is 80.4 Å². The van der Waals surface area contributed by atoms with E-state index in [1.165, 1.54) is 17.8 Å². The molecule has 37 heavy (non-hydrogen) atoms. The summed E-state index contributed by atoms with van der Waals surface area (Å²) in [7, 11) is 0. The van der Waals surface area contributed by atoms with E-state index < -0.39 is 17.5 Å². The Morgan fingerprint density at radius 2 is 1.95 bits per heavy atom. The summed E-state index contributed by atoms with van der Waals surface area (Å²) in [6, 6.07) is 4.63. The van der Waals surface area contributed by atoms with Crippen LogP contribution in [0.1, 0.15) is 46.0 Å². The zero-order chi connectivity index (χ0) is 25.9. The van der Waals surface area contributed by atoms with Crippen molar-refractivity contribution < 1.29 is 13.9 Å². The molecule has 2 aliphatic heterocycles. The van der Waals surface area contributed by atoms with Crippen LogP contribution in [0.5, 0.6) is 5.75 Å². The standard InChI is InChI=1S/C26H29F2N7OS/c1-25-8-9-26(2,34-25)22(28)18(11-25)35(15-5-6-15)20-13-29-23(33-32-20)16-7-4-14(10-19(16)36)21-17(27)12-30-24(31-21)37-3/h4,7,10,12-13,15,18,22,34,36H,5-6,8-9,11H2,1-3H3/t18-,22-,25-,26+/m0/s1. The highest BCUT2D eigenvalue weighted by molar-refractivity contribution is 7.98. The highest BCUT2D eigenvalue weighted by Gasteiger charge is 2.58. The summed E-state index contributed by atoms with van der Waals surface area (Å²) >= 11 is 1.30. The van der Waals surface area contributed by atoms with Gasteiger partial charge in [-0.05, 0) is 64.3 Å². The first-order valence-corrected chi connectivity index (χ1v) is 13.7. The summed E-state index contributed by atoms with van der Waals surface area (Å²) in [5, 5.41) is 23.4. The van der Waals surface area contributed by atoms with Gasteiger partial charge in [0.1, 0.15) is 17.6 Å². The Morgan fingerprint density at radius 3 is 2.62 bits per heavy atom. The van der Waals surface area contributed by atoms with Crippen molar-refractivity contribution >= 4 is 17.6 Å². The Labute approximate surface area is 218 Å². The third kappa shape index (κ3) is 4.31. The predicted octanol–water partition coefficient (Wildman–Crippen LogP) is 4.54. The van der Waals surface area contributed by atoms with Gasteiger partial charge in [0.05, 0.1) is 24.0 Å². The molecule has 3 fully saturated rings. The predicted molar refractivity (Wildman–Crippen MR) is 138 cm³/mol. The highest BCUT2D eigenvalue weighted by atomic mass is 32.2. The van der Waals surface area contributed by atoms with Crippen molar-refractivity contribution in [3.05, 3.63) is 36.4 Å². The van der Waals surface area contributed by atoms with Gasteiger partial charge < -0.3 is 15.3 Å². The van der Waals surface area contributed by atoms with E-state index in [-0.39, 0.29) is 34.9 Å². The molecule has 2 aromatic heterocycles. The molecule has 1 aliphatic carbocycles. The molecule has 6 rings (SSSR count). The first kappa shape index (κ1) is 24.4. The number of phenols is 1. The van der Waals surface area contributed by atoms with Gasteiger partial charge >= 0.3 is 0 Å². The van der Waals surface area contributed by atoms with Crippen molar-refractivity contribution in [2.24, 2.45) is 0 Å². The molecule has 4 atom stereocenters. The van der Waals surface area contributed by atoms with Gasteiger partial charge in [0.2, 0.25) is 0 Å². The smallest absolute Gasteiger partial charge is 0.187 e. The fraction of sp³-hybridized carbons (Fsp3) is 0.500. The van der Waals surface area contributed by atoms with Crippen molar-refractivity contribution in [1.29, 1.82) is 0 Å². The van der Waals surface area contributed by atoms with Crippen LogP contribution >= 0.6 is 11.8 Å². The number of rotatable bonds is 6. The second-order valence-corrected chi connectivity index (χ2v) is 11.6. The minimum Gasteiger partial charge on any atom is -0.507 e. The summed E-state index contributed by atoms with van der Waals surface area (Å²) in [5.74, 6) is 0.0933. The number of anilines is 1. The minimum atomic E-state index is -1.03. The molecule has 0 radical (unpaired) electrons. The van der Waals surface area contributed by atoms with Crippen LogP contribution in [0, 0.1) is 5.82 Å². The number of aromatic nitrogens is 5. The number of hydrogen-bond donors (Lipinski definition) is 2. The van der Waals surface area contributed by atoms with Crippen LogP contribution < -0.4 is 10.2 Å². The lowest BCUT2D eigenvalue weighted by Gasteiger charge is -2.48. The van der Waals surface area contributed by atoms with Crippen LogP contribution in [-0.4, -0.2) is 65.8 Å². The van der Waals surface area contributed by atoms with E-state index in [4.69, 9.17) is 0 Å². The van der Waals surface area contributed by atoms with Crippen molar-refractivity contribution in [1.82, 2.24) is 30.5 Å². The van der Waals surface area contributed by atoms with E-state index >= 15 is 4.39 Å². The maximum atomic E-state index is 15.8. The number of hydrogen-bond acceptors (Lipinski definition) is 9. The summed E-state index contributed by atoms with van der Waals surface area (Å²) in [4.78, 5) is 14.7. The zero-order valence-corrected chi connectivity index (χ0v) is 21.8. The molecule has 1 saturated carbocycles. The van der Waals surface area contributed by atoms with Crippen LogP contribution in [0.25, 0.3) is 22.6 Å². The number of aromatic hydroxyl groups is 1. The van der Waals surface area contributed by atoms with E-state index in [1.54, 1.807) is 24.6 Å². The lowest BCUT2D eigenvalue weighted by molar-refractivity contribution is 0.0831. The van der Waals surface area contributed by atoms with Crippen LogP contribution in [-0.2, 0) is 0 Å². The van der Waals surface area contributed by atoms with Gasteiger partial charge in [-0.2, -0.15) is 0 Å². The van der Waals surface area contributed by atoms with Gasteiger partial charge in [-0.3, -0.25) is 0 Å². The monoisotopic (exact) mass is 525 g/mol. The van der Waals surface area contributed by atoms with Gasteiger partial charge in [0.15, 0.2) is 22.6 Å². The van der Waals surface area contributed by atoms with Crippen molar-refractivity contribution in [3.8, 4) is 28.4 Å². The van der Waals surface area contributed by atoms with Crippen LogP contribution in [0.2, 0.25) is 0 Å². The summed E-state index contributed by atoms with van der Waals surface area (Å²) < 4.78 is 30.2. The van der Waals surface area contributed by atoms with Crippen LogP contribution in [0.15, 0.2) is 35.7 Å². The molecule has 3 aliphatic rings. The zero-order valence-electron chi connectivity index (χ0n) is 20.9. The van der Waals surface area contributed by atoms with Gasteiger partial charge in [-0.15, -0.1) is 10.2 Å². The number of alkyl halides is 1. The lowest BCUT2D eigenvalue weighted by atomic mass is 9.82. The molecule has 1 aromatic carbocycles. The molecule has 2 saturated heterocycles. The molecular weight excluding hydrogens is 496 g/mol. The Hall–Kier alpha value is -2.92. The fourth-order valence-electron chi connectivity index (χ4n) is 5.95. The Balaban J connectivity index is 1.28. The third-order valence-electron chi connectivity index (χ3n) is 7.92. The van der Waals surface area contributed by atoms with Crippen molar-refractivity contribution in [2.75, 3.05) is 11.2 Å². The number of fused-ring (bicyclic) bond motifs is 2. The molecule has 0 amide bonds. The second-order valence-electron chi connectivity index (χ2n) is 10.8. The number of benzene rings is 1. The summed E-state index contributed by atoms with van der Waals surface area (Å²) in [6.45, 7) is 4.16. The fourth-order valence-corrected chi connectivity index (χ4v) is 6.29. The number of piperidine rings is 1. The van der Waals surface area contributed by atoms with Gasteiger partial charge in [-0.25, -0.2) is 23.7 Å². The molecule has 4 heterocycles. The Morgan fingerprint density at radius 1 is 1.14 bits per heavy atom. The highest BCUT2D eigenvalue weighted by Crippen LogP contribution is 2.47. The molecule has 8 nitrogen and oxygen atoms in total. The number of phenolic OH excluding ortho intramolecular Hbond substituents is 1. The van der Waals surface area contributed by atoms with Gasteiger partial charge in [0, 0.05) is 22.7 Å². The summed E-state index contributed by atoms with van der Waals surface area (Å²) in [6.07, 6.45) is 7.96. The maximum absolute atomic E-state index is 15.8. The third-order valence-corrected chi connectivity index (χ3v) is 8.48. The molecular formula is C26H29F2N7OS. The number of thioether (sulfide) groups is 1. The summed E-state index contributed by atoms with van der Waals surface area (Å²) in [5.41, 5.74) is 0.248. The Kier molecular flexibility index (Phi) is 5.83. The van der Waals surface area contributed by atoms with Crippen LogP contribution in [0.3, 0.4) is 0 Å². The molecule has 194 valence electrons. The van der Waals surface area contributed by atoms with E-state index in [9.17, 15) is 9.50 Å². The average molecular weight is 526 g/mol. The number of nitrogens with zero attached hydrogens (tertiary/aromatic N) is 6. The largest absolute Gasteiger partial charge is 0.507 e. The average Bonchev–Trinajstić information content (AvgIpc) is 3.68. The lowest BCUT2D eigenvalue weighted by Crippen LogP contribution is -2.66. The first-order valence-electron chi connectivity index (χ1n) is 12.5. The topological polar surface area (TPSA) is 100.0 Å². The quantitative estimate of drug-likeness (QED) is 0.355. The first-order chi connectivity index (χ1) is 17.7. The van der Waals surface area contributed by atoms with E-state index in [1.807, 2.05) is 6.92 Å². The molecule has 0 unspecified atom stereocenters. The maximum Gasteiger partial charge on any atom is 0.187 e. The van der Waals surface area contributed by atoms with Gasteiger partial charge in [-0.1, -0.05) is 17.8 Å². The van der Waals surface area contributed by atoms with Gasteiger partial charge in [0.25, 0.3) is 0 Å². The van der Waals surface area contributed by atoms with E-state index in [0.717, 1.165) is 31.9 Å². The normalized spacial score (nSPS) is 28.9. The molecule has 11 heteroatoms. The Bertz CT molecular complexity index is 1340.